The predicted molar refractivity (Wildman–Crippen MR) is 114 cm³/mol. The summed E-state index contributed by atoms with van der Waals surface area (Å²) in [6.45, 7) is 3.99. The van der Waals surface area contributed by atoms with Gasteiger partial charge < -0.3 is 15.0 Å². The van der Waals surface area contributed by atoms with E-state index in [1.54, 1.807) is 31.2 Å². The van der Waals surface area contributed by atoms with Gasteiger partial charge in [-0.05, 0) is 55.3 Å². The SMILES string of the molecule is CCC(C)NC(=O)c1ccc2c(c1)N(C)C(=O)/C(=C/c1cccc(OC)c1)S2. The van der Waals surface area contributed by atoms with Crippen LogP contribution in [0.15, 0.2) is 52.3 Å². The Morgan fingerprint density at radius 2 is 2.07 bits per heavy atom. The number of hydrogen-bond donors (Lipinski definition) is 1. The molecule has 0 aliphatic carbocycles. The molecular weight excluding hydrogens is 372 g/mol. The number of thioether (sulfide) groups is 1. The van der Waals surface area contributed by atoms with E-state index in [2.05, 4.69) is 5.32 Å². The number of carbonyl (C=O) groups excluding carboxylic acids is 2. The molecule has 0 saturated carbocycles. The van der Waals surface area contributed by atoms with Crippen molar-refractivity contribution in [1.82, 2.24) is 5.32 Å². The number of anilines is 1. The molecule has 6 heteroatoms. The smallest absolute Gasteiger partial charge is 0.264 e. The summed E-state index contributed by atoms with van der Waals surface area (Å²) in [5.41, 5.74) is 2.20. The van der Waals surface area contributed by atoms with Gasteiger partial charge >= 0.3 is 0 Å². The molecule has 5 nitrogen and oxygen atoms in total. The Balaban J connectivity index is 1.89. The molecule has 2 aromatic carbocycles. The molecule has 28 heavy (non-hydrogen) atoms. The van der Waals surface area contributed by atoms with Crippen molar-refractivity contribution in [3.8, 4) is 5.75 Å². The van der Waals surface area contributed by atoms with Gasteiger partial charge in [0.25, 0.3) is 11.8 Å². The van der Waals surface area contributed by atoms with Crippen LogP contribution in [-0.4, -0.2) is 32.0 Å². The van der Waals surface area contributed by atoms with Crippen LogP contribution in [0.3, 0.4) is 0 Å². The van der Waals surface area contributed by atoms with Gasteiger partial charge in [0.1, 0.15) is 5.75 Å². The van der Waals surface area contributed by atoms with Crippen LogP contribution in [-0.2, 0) is 4.79 Å². The van der Waals surface area contributed by atoms with E-state index in [-0.39, 0.29) is 17.9 Å². The summed E-state index contributed by atoms with van der Waals surface area (Å²) in [6, 6.07) is 13.2. The maximum absolute atomic E-state index is 12.9. The second kappa shape index (κ2) is 8.52. The van der Waals surface area contributed by atoms with Crippen molar-refractivity contribution in [2.75, 3.05) is 19.1 Å². The molecule has 1 heterocycles. The van der Waals surface area contributed by atoms with Crippen LogP contribution in [0.2, 0.25) is 0 Å². The van der Waals surface area contributed by atoms with Gasteiger partial charge in [-0.2, -0.15) is 0 Å². The number of rotatable bonds is 5. The molecular formula is C22H24N2O3S. The first-order valence-corrected chi connectivity index (χ1v) is 10.0. The first kappa shape index (κ1) is 20.0. The summed E-state index contributed by atoms with van der Waals surface area (Å²) < 4.78 is 5.25. The molecule has 2 amide bonds. The molecule has 1 aliphatic heterocycles. The van der Waals surface area contributed by atoms with Crippen molar-refractivity contribution in [2.24, 2.45) is 0 Å². The van der Waals surface area contributed by atoms with Gasteiger partial charge in [0.15, 0.2) is 0 Å². The Labute approximate surface area is 169 Å². The maximum atomic E-state index is 12.9. The Bertz CT molecular complexity index is 939. The number of fused-ring (bicyclic) bond motifs is 1. The Kier molecular flexibility index (Phi) is 6.09. The largest absolute Gasteiger partial charge is 0.497 e. The Morgan fingerprint density at radius 1 is 1.29 bits per heavy atom. The van der Waals surface area contributed by atoms with Gasteiger partial charge in [-0.3, -0.25) is 9.59 Å². The predicted octanol–water partition coefficient (Wildman–Crippen LogP) is 4.33. The van der Waals surface area contributed by atoms with Crippen LogP contribution in [0, 0.1) is 0 Å². The molecule has 1 N–H and O–H groups in total. The van der Waals surface area contributed by atoms with E-state index < -0.39 is 0 Å². The molecule has 0 spiro atoms. The lowest BCUT2D eigenvalue weighted by Crippen LogP contribution is -2.33. The second-order valence-corrected chi connectivity index (χ2v) is 7.80. The molecule has 3 rings (SSSR count). The van der Waals surface area contributed by atoms with E-state index in [0.717, 1.165) is 28.3 Å². The van der Waals surface area contributed by atoms with Gasteiger partial charge in [-0.1, -0.05) is 30.8 Å². The lowest BCUT2D eigenvalue weighted by molar-refractivity contribution is -0.114. The van der Waals surface area contributed by atoms with E-state index in [1.165, 1.54) is 11.8 Å². The number of methoxy groups -OCH3 is 1. The highest BCUT2D eigenvalue weighted by atomic mass is 32.2. The van der Waals surface area contributed by atoms with Gasteiger partial charge in [-0.15, -0.1) is 0 Å². The number of hydrogen-bond acceptors (Lipinski definition) is 4. The van der Waals surface area contributed by atoms with Crippen LogP contribution in [0.5, 0.6) is 5.75 Å². The number of nitrogens with zero attached hydrogens (tertiary/aromatic N) is 1. The Morgan fingerprint density at radius 3 is 2.79 bits per heavy atom. The van der Waals surface area contributed by atoms with Crippen molar-refractivity contribution in [3.63, 3.8) is 0 Å². The minimum atomic E-state index is -0.124. The molecule has 1 atom stereocenters. The quantitative estimate of drug-likeness (QED) is 0.764. The topological polar surface area (TPSA) is 58.6 Å². The monoisotopic (exact) mass is 396 g/mol. The maximum Gasteiger partial charge on any atom is 0.264 e. The van der Waals surface area contributed by atoms with Crippen molar-refractivity contribution in [3.05, 3.63) is 58.5 Å². The molecule has 0 aromatic heterocycles. The van der Waals surface area contributed by atoms with E-state index in [4.69, 9.17) is 4.74 Å². The third kappa shape index (κ3) is 4.22. The number of nitrogens with one attached hydrogen (secondary N) is 1. The third-order valence-electron chi connectivity index (χ3n) is 4.70. The van der Waals surface area contributed by atoms with Gasteiger partial charge in [0.05, 0.1) is 17.7 Å². The van der Waals surface area contributed by atoms with Crippen LogP contribution in [0.1, 0.15) is 36.2 Å². The number of amides is 2. The Hall–Kier alpha value is -2.73. The van der Waals surface area contributed by atoms with Gasteiger partial charge in [0.2, 0.25) is 0 Å². The van der Waals surface area contributed by atoms with E-state index in [9.17, 15) is 9.59 Å². The average Bonchev–Trinajstić information content (AvgIpc) is 2.71. The van der Waals surface area contributed by atoms with Crippen molar-refractivity contribution < 1.29 is 14.3 Å². The molecule has 0 saturated heterocycles. The molecule has 1 unspecified atom stereocenters. The highest BCUT2D eigenvalue weighted by Crippen LogP contribution is 2.42. The zero-order valence-electron chi connectivity index (χ0n) is 16.5. The van der Waals surface area contributed by atoms with E-state index >= 15 is 0 Å². The fraction of sp³-hybridized carbons (Fsp3) is 0.273. The van der Waals surface area contributed by atoms with E-state index in [0.29, 0.717) is 10.5 Å². The summed E-state index contributed by atoms with van der Waals surface area (Å²) in [6.07, 6.45) is 2.72. The lowest BCUT2D eigenvalue weighted by atomic mass is 10.1. The van der Waals surface area contributed by atoms with E-state index in [1.807, 2.05) is 50.3 Å². The van der Waals surface area contributed by atoms with Crippen LogP contribution in [0.25, 0.3) is 6.08 Å². The lowest BCUT2D eigenvalue weighted by Gasteiger charge is -2.27. The highest BCUT2D eigenvalue weighted by Gasteiger charge is 2.27. The summed E-state index contributed by atoms with van der Waals surface area (Å²) in [5.74, 6) is 0.522. The van der Waals surface area contributed by atoms with Crippen LogP contribution < -0.4 is 15.0 Å². The summed E-state index contributed by atoms with van der Waals surface area (Å²) >= 11 is 1.41. The number of ether oxygens (including phenoxy) is 1. The number of likely N-dealkylation sites (N-methyl/N-ethyl adjacent to an activating group) is 1. The summed E-state index contributed by atoms with van der Waals surface area (Å²) in [4.78, 5) is 28.4. The molecule has 0 fully saturated rings. The minimum Gasteiger partial charge on any atom is -0.497 e. The zero-order valence-corrected chi connectivity index (χ0v) is 17.3. The first-order chi connectivity index (χ1) is 13.4. The molecule has 0 radical (unpaired) electrons. The minimum absolute atomic E-state index is 0.0974. The summed E-state index contributed by atoms with van der Waals surface area (Å²) in [7, 11) is 3.35. The van der Waals surface area contributed by atoms with Crippen molar-refractivity contribution >= 4 is 35.3 Å². The number of benzene rings is 2. The highest BCUT2D eigenvalue weighted by molar-refractivity contribution is 8.04. The van der Waals surface area contributed by atoms with Crippen molar-refractivity contribution in [2.45, 2.75) is 31.2 Å². The molecule has 2 aromatic rings. The number of carbonyl (C=O) groups is 2. The van der Waals surface area contributed by atoms with Gasteiger partial charge in [-0.25, -0.2) is 0 Å². The fourth-order valence-corrected chi connectivity index (χ4v) is 3.92. The standard InChI is InChI=1S/C22H24N2O3S/c1-5-14(2)23-21(25)16-9-10-19-18(13-16)24(3)22(26)20(28-19)12-15-7-6-8-17(11-15)27-4/h6-14H,5H2,1-4H3,(H,23,25)/b20-12-. The van der Waals surface area contributed by atoms with Gasteiger partial charge in [0, 0.05) is 23.5 Å². The molecule has 1 aliphatic rings. The normalized spacial score (nSPS) is 15.9. The molecule has 146 valence electrons. The van der Waals surface area contributed by atoms with Crippen LogP contribution >= 0.6 is 11.8 Å². The first-order valence-electron chi connectivity index (χ1n) is 9.19. The second-order valence-electron chi connectivity index (χ2n) is 6.72. The fourth-order valence-electron chi connectivity index (χ4n) is 2.83. The molecule has 0 bridgehead atoms. The third-order valence-corrected chi connectivity index (χ3v) is 5.78. The average molecular weight is 397 g/mol. The van der Waals surface area contributed by atoms with Crippen molar-refractivity contribution in [1.29, 1.82) is 0 Å². The zero-order chi connectivity index (χ0) is 20.3. The summed E-state index contributed by atoms with van der Waals surface area (Å²) in [5, 5.41) is 2.96. The van der Waals surface area contributed by atoms with Crippen LogP contribution in [0.4, 0.5) is 5.69 Å².